The van der Waals surface area contributed by atoms with Gasteiger partial charge in [0.05, 0.1) is 13.2 Å². The molecule has 2 rings (SSSR count). The van der Waals surface area contributed by atoms with Gasteiger partial charge in [0.25, 0.3) is 0 Å². The largest absolute Gasteiger partial charge is 0.379 e. The third kappa shape index (κ3) is 6.13. The van der Waals surface area contributed by atoms with Gasteiger partial charge in [-0.1, -0.05) is 13.8 Å². The average molecular weight is 368 g/mol. The number of guanidine groups is 1. The summed E-state index contributed by atoms with van der Waals surface area (Å²) in [6.07, 6.45) is 2.74. The van der Waals surface area contributed by atoms with Gasteiger partial charge in [0.1, 0.15) is 0 Å². The number of nitrogens with one attached hydrogen (secondary N) is 2. The Morgan fingerprint density at radius 2 is 1.85 bits per heavy atom. The Bertz CT molecular complexity index is 455. The highest BCUT2D eigenvalue weighted by Gasteiger charge is 2.26. The quantitative estimate of drug-likeness (QED) is 0.536. The van der Waals surface area contributed by atoms with E-state index < -0.39 is 0 Å². The summed E-state index contributed by atoms with van der Waals surface area (Å²) >= 11 is 0. The third-order valence-electron chi connectivity index (χ3n) is 5.63. The first kappa shape index (κ1) is 21.0. The summed E-state index contributed by atoms with van der Waals surface area (Å²) in [6, 6.07) is 0.487. The van der Waals surface area contributed by atoms with Crippen LogP contribution in [-0.2, 0) is 9.53 Å². The molecule has 0 radical (unpaired) electrons. The summed E-state index contributed by atoms with van der Waals surface area (Å²) in [6.45, 7) is 11.1. The van der Waals surface area contributed by atoms with Gasteiger partial charge < -0.3 is 20.3 Å². The molecule has 0 aromatic heterocycles. The highest BCUT2D eigenvalue weighted by atomic mass is 16.5. The van der Waals surface area contributed by atoms with E-state index in [1.165, 1.54) is 0 Å². The van der Waals surface area contributed by atoms with Gasteiger partial charge in [-0.05, 0) is 24.7 Å². The third-order valence-corrected chi connectivity index (χ3v) is 5.63. The number of carbonyl (C=O) groups is 1. The van der Waals surface area contributed by atoms with Crippen molar-refractivity contribution in [3.8, 4) is 0 Å². The van der Waals surface area contributed by atoms with Gasteiger partial charge in [-0.15, -0.1) is 0 Å². The maximum Gasteiger partial charge on any atom is 0.220 e. The molecule has 2 N–H and O–H groups in total. The Balaban J connectivity index is 1.82. The summed E-state index contributed by atoms with van der Waals surface area (Å²) < 4.78 is 5.49. The molecule has 150 valence electrons. The predicted octanol–water partition coefficient (Wildman–Crippen LogP) is 0.767. The van der Waals surface area contributed by atoms with E-state index in [2.05, 4.69) is 39.3 Å². The molecule has 1 amide bonds. The fourth-order valence-electron chi connectivity index (χ4n) is 3.94. The second-order valence-electron chi connectivity index (χ2n) is 7.70. The van der Waals surface area contributed by atoms with Crippen LogP contribution in [0.5, 0.6) is 0 Å². The number of nitrogens with zero attached hydrogens (tertiary/aromatic N) is 3. The van der Waals surface area contributed by atoms with Crippen molar-refractivity contribution in [1.29, 1.82) is 0 Å². The van der Waals surface area contributed by atoms with Crippen molar-refractivity contribution in [1.82, 2.24) is 20.4 Å². The van der Waals surface area contributed by atoms with Gasteiger partial charge in [-0.25, -0.2) is 0 Å². The van der Waals surface area contributed by atoms with Crippen molar-refractivity contribution in [3.05, 3.63) is 0 Å². The number of aliphatic imine (C=N–C) groups is 1. The number of ether oxygens (including phenoxy) is 1. The second-order valence-corrected chi connectivity index (χ2v) is 7.70. The van der Waals surface area contributed by atoms with Crippen LogP contribution in [0.2, 0.25) is 0 Å². The molecule has 2 aliphatic rings. The number of piperidine rings is 1. The summed E-state index contributed by atoms with van der Waals surface area (Å²) in [5, 5.41) is 6.33. The lowest BCUT2D eigenvalue weighted by Gasteiger charge is -2.39. The molecule has 2 aliphatic heterocycles. The molecular weight excluding hydrogens is 330 g/mol. The van der Waals surface area contributed by atoms with Crippen LogP contribution >= 0.6 is 0 Å². The Hall–Kier alpha value is -1.34. The van der Waals surface area contributed by atoms with Crippen LogP contribution in [0.4, 0.5) is 0 Å². The monoisotopic (exact) mass is 367 g/mol. The van der Waals surface area contributed by atoms with E-state index in [1.807, 2.05) is 7.05 Å². The molecule has 2 heterocycles. The smallest absolute Gasteiger partial charge is 0.220 e. The van der Waals surface area contributed by atoms with Crippen molar-refractivity contribution in [2.45, 2.75) is 39.2 Å². The molecule has 0 aromatic carbocycles. The molecule has 0 aromatic rings. The number of hydrogen-bond acceptors (Lipinski definition) is 4. The molecule has 7 heteroatoms. The van der Waals surface area contributed by atoms with Crippen molar-refractivity contribution < 1.29 is 9.53 Å². The number of hydrogen-bond donors (Lipinski definition) is 2. The first-order chi connectivity index (χ1) is 12.5. The molecule has 0 spiro atoms. The van der Waals surface area contributed by atoms with E-state index >= 15 is 0 Å². The van der Waals surface area contributed by atoms with Crippen LogP contribution in [0.25, 0.3) is 0 Å². The molecule has 1 atom stereocenters. The summed E-state index contributed by atoms with van der Waals surface area (Å²) in [5.74, 6) is 2.21. The summed E-state index contributed by atoms with van der Waals surface area (Å²) in [7, 11) is 3.57. The van der Waals surface area contributed by atoms with Crippen LogP contribution in [0.15, 0.2) is 4.99 Å². The zero-order chi connectivity index (χ0) is 18.9. The first-order valence-electron chi connectivity index (χ1n) is 10.0. The fraction of sp³-hybridized carbons (Fsp3) is 0.895. The lowest BCUT2D eigenvalue weighted by atomic mass is 9.93. The maximum absolute atomic E-state index is 11.6. The minimum Gasteiger partial charge on any atom is -0.379 e. The Kier molecular flexibility index (Phi) is 8.65. The van der Waals surface area contributed by atoms with Crippen molar-refractivity contribution in [2.75, 3.05) is 60.0 Å². The SMILES string of the molecule is CN=C(NCC(C(C)C)N1CCOCC1)N1CCC(CC(=O)NC)CC1. The van der Waals surface area contributed by atoms with E-state index in [9.17, 15) is 4.79 Å². The van der Waals surface area contributed by atoms with E-state index in [-0.39, 0.29) is 5.91 Å². The van der Waals surface area contributed by atoms with Crippen molar-refractivity contribution >= 4 is 11.9 Å². The highest BCUT2D eigenvalue weighted by molar-refractivity contribution is 5.80. The normalized spacial score (nSPS) is 21.7. The molecular formula is C19H37N5O2. The number of rotatable bonds is 6. The van der Waals surface area contributed by atoms with Crippen LogP contribution in [0.1, 0.15) is 33.1 Å². The number of carbonyl (C=O) groups excluding carboxylic acids is 1. The van der Waals surface area contributed by atoms with Crippen LogP contribution in [0.3, 0.4) is 0 Å². The molecule has 0 saturated carbocycles. The van der Waals surface area contributed by atoms with Crippen molar-refractivity contribution in [2.24, 2.45) is 16.8 Å². The van der Waals surface area contributed by atoms with E-state index in [1.54, 1.807) is 7.05 Å². The Morgan fingerprint density at radius 3 is 2.38 bits per heavy atom. The van der Waals surface area contributed by atoms with Crippen molar-refractivity contribution in [3.63, 3.8) is 0 Å². The lowest BCUT2D eigenvalue weighted by Crippen LogP contribution is -2.54. The van der Waals surface area contributed by atoms with Gasteiger partial charge in [0.2, 0.25) is 5.91 Å². The Morgan fingerprint density at radius 1 is 1.19 bits per heavy atom. The number of morpholine rings is 1. The van der Waals surface area contributed by atoms with Gasteiger partial charge in [-0.2, -0.15) is 0 Å². The zero-order valence-corrected chi connectivity index (χ0v) is 17.0. The lowest BCUT2D eigenvalue weighted by molar-refractivity contribution is -0.121. The van der Waals surface area contributed by atoms with Gasteiger partial charge in [0.15, 0.2) is 5.96 Å². The van der Waals surface area contributed by atoms with Crippen LogP contribution in [0, 0.1) is 11.8 Å². The van der Waals surface area contributed by atoms with Crippen LogP contribution in [-0.4, -0.2) is 87.7 Å². The Labute approximate surface area is 158 Å². The molecule has 26 heavy (non-hydrogen) atoms. The number of likely N-dealkylation sites (tertiary alicyclic amines) is 1. The fourth-order valence-corrected chi connectivity index (χ4v) is 3.94. The minimum atomic E-state index is 0.149. The predicted molar refractivity (Wildman–Crippen MR) is 105 cm³/mol. The van der Waals surface area contributed by atoms with E-state index in [4.69, 9.17) is 4.74 Å². The highest BCUT2D eigenvalue weighted by Crippen LogP contribution is 2.20. The van der Waals surface area contributed by atoms with Crippen LogP contribution < -0.4 is 10.6 Å². The average Bonchev–Trinajstić information content (AvgIpc) is 2.66. The summed E-state index contributed by atoms with van der Waals surface area (Å²) in [5.41, 5.74) is 0. The van der Waals surface area contributed by atoms with E-state index in [0.717, 1.165) is 64.7 Å². The first-order valence-corrected chi connectivity index (χ1v) is 10.0. The van der Waals surface area contributed by atoms with Gasteiger partial charge >= 0.3 is 0 Å². The summed E-state index contributed by atoms with van der Waals surface area (Å²) in [4.78, 5) is 20.9. The second kappa shape index (κ2) is 10.7. The molecule has 2 fully saturated rings. The maximum atomic E-state index is 11.6. The van der Waals surface area contributed by atoms with Gasteiger partial charge in [0, 0.05) is 59.3 Å². The molecule has 0 aliphatic carbocycles. The molecule has 2 saturated heterocycles. The topological polar surface area (TPSA) is 69.2 Å². The standard InChI is InChI=1S/C19H37N5O2/c1-15(2)17(23-9-11-26-12-10-23)14-22-19(21-4)24-7-5-16(6-8-24)13-18(25)20-3/h15-17H,5-14H2,1-4H3,(H,20,25)(H,21,22). The van der Waals surface area contributed by atoms with Gasteiger partial charge in [-0.3, -0.25) is 14.7 Å². The number of amides is 1. The molecule has 1 unspecified atom stereocenters. The molecule has 0 bridgehead atoms. The zero-order valence-electron chi connectivity index (χ0n) is 17.0. The minimum absolute atomic E-state index is 0.149. The van der Waals surface area contributed by atoms with E-state index in [0.29, 0.717) is 24.3 Å². The molecule has 7 nitrogen and oxygen atoms in total.